The number of aromatic amines is 4. The van der Waals surface area contributed by atoms with E-state index in [4.69, 9.17) is 27.4 Å². The van der Waals surface area contributed by atoms with Crippen LogP contribution in [0.3, 0.4) is 0 Å². The summed E-state index contributed by atoms with van der Waals surface area (Å²) in [6.45, 7) is 2.74. The minimum absolute atomic E-state index is 0.0253. The van der Waals surface area contributed by atoms with Crippen molar-refractivity contribution in [3.8, 4) is 17.2 Å². The van der Waals surface area contributed by atoms with Crippen molar-refractivity contribution in [3.05, 3.63) is 126 Å². The monoisotopic (exact) mass is 818 g/mol. The molecule has 314 valence electrons. The number of amides is 1. The number of para-hydroxylation sites is 1. The number of carboxylic acids is 2. The summed E-state index contributed by atoms with van der Waals surface area (Å²) in [5, 5.41) is 52.1. The fourth-order valence-electron chi connectivity index (χ4n) is 6.56. The number of benzene rings is 4. The highest BCUT2D eigenvalue weighted by Gasteiger charge is 2.16. The molecule has 1 amide bonds. The highest BCUT2D eigenvalue weighted by Crippen LogP contribution is 2.25. The summed E-state index contributed by atoms with van der Waals surface area (Å²) in [6, 6.07) is 21.4. The molecule has 2 unspecified atom stereocenters. The summed E-state index contributed by atoms with van der Waals surface area (Å²) < 4.78 is 0. The number of hydrogen-bond donors (Lipinski definition) is 13. The molecule has 0 spiro atoms. The first kappa shape index (κ1) is 43.8. The number of rotatable bonds is 11. The number of aromatic hydroxyl groups is 3. The maximum atomic E-state index is 10.7. The maximum absolute atomic E-state index is 10.7. The largest absolute Gasteiger partial charge is 0.508 e. The second-order valence-corrected chi connectivity index (χ2v) is 14.1. The molecule has 16 N–H and O–H groups in total. The van der Waals surface area contributed by atoms with Crippen molar-refractivity contribution < 1.29 is 39.9 Å². The summed E-state index contributed by atoms with van der Waals surface area (Å²) in [5.41, 5.74) is 24.3. The maximum Gasteiger partial charge on any atom is 0.320 e. The molecular weight excluding hydrogens is 769 g/mol. The van der Waals surface area contributed by atoms with Gasteiger partial charge in [-0.15, -0.1) is 0 Å². The van der Waals surface area contributed by atoms with Crippen LogP contribution in [-0.2, 0) is 40.1 Å². The molecule has 16 heteroatoms. The predicted octanol–water partition coefficient (Wildman–Crippen LogP) is 4.88. The smallest absolute Gasteiger partial charge is 0.320 e. The van der Waals surface area contributed by atoms with E-state index >= 15 is 0 Å². The van der Waals surface area contributed by atoms with E-state index in [2.05, 4.69) is 25.3 Å². The van der Waals surface area contributed by atoms with E-state index in [0.29, 0.717) is 25.3 Å². The summed E-state index contributed by atoms with van der Waals surface area (Å²) >= 11 is 0. The zero-order valence-corrected chi connectivity index (χ0v) is 32.9. The van der Waals surface area contributed by atoms with Crippen molar-refractivity contribution in [2.45, 2.75) is 44.7 Å². The molecule has 0 saturated heterocycles. The van der Waals surface area contributed by atoms with Gasteiger partial charge in [-0.1, -0.05) is 18.2 Å². The van der Waals surface area contributed by atoms with Gasteiger partial charge in [0.2, 0.25) is 5.91 Å². The van der Waals surface area contributed by atoms with Crippen molar-refractivity contribution in [3.63, 3.8) is 0 Å². The Morgan fingerprint density at radius 3 is 1.38 bits per heavy atom. The van der Waals surface area contributed by atoms with Crippen LogP contribution >= 0.6 is 0 Å². The van der Waals surface area contributed by atoms with Crippen LogP contribution in [0.1, 0.15) is 29.2 Å². The topological polar surface area (TPSA) is 306 Å². The van der Waals surface area contributed by atoms with E-state index in [9.17, 15) is 29.7 Å². The number of nitrogens with two attached hydrogens (primary N) is 3. The minimum Gasteiger partial charge on any atom is -0.508 e. The third-order valence-electron chi connectivity index (χ3n) is 9.62. The number of nitrogens with one attached hydrogen (secondary N) is 5. The van der Waals surface area contributed by atoms with Crippen molar-refractivity contribution in [1.29, 1.82) is 0 Å². The third-order valence-corrected chi connectivity index (χ3v) is 9.62. The van der Waals surface area contributed by atoms with E-state index in [1.54, 1.807) is 48.7 Å². The molecule has 0 aliphatic rings. The third kappa shape index (κ3) is 11.7. The molecule has 4 aromatic carbocycles. The summed E-state index contributed by atoms with van der Waals surface area (Å²) in [4.78, 5) is 44.3. The summed E-state index contributed by atoms with van der Waals surface area (Å²) in [6.07, 6.45) is 9.55. The normalized spacial score (nSPS) is 11.8. The van der Waals surface area contributed by atoms with E-state index < -0.39 is 24.0 Å². The quantitative estimate of drug-likeness (QED) is 0.0835. The molecule has 4 heterocycles. The number of phenols is 3. The van der Waals surface area contributed by atoms with Crippen LogP contribution in [0, 0.1) is 0 Å². The van der Waals surface area contributed by atoms with Crippen LogP contribution < -0.4 is 22.5 Å². The van der Waals surface area contributed by atoms with Crippen LogP contribution in [0.25, 0.3) is 43.6 Å². The van der Waals surface area contributed by atoms with Gasteiger partial charge in [-0.2, -0.15) is 0 Å². The zero-order valence-electron chi connectivity index (χ0n) is 32.9. The van der Waals surface area contributed by atoms with Gasteiger partial charge in [-0.05, 0) is 102 Å². The number of phenolic OH excluding ortho intramolecular Hbond substituents is 3. The van der Waals surface area contributed by atoms with E-state index in [-0.39, 0.29) is 23.8 Å². The molecule has 0 radical (unpaired) electrons. The highest BCUT2D eigenvalue weighted by atomic mass is 16.4. The van der Waals surface area contributed by atoms with Crippen LogP contribution in [0.15, 0.2) is 104 Å². The molecule has 8 rings (SSSR count). The SMILES string of the molecule is CC(=O)NCCc1c[nH]c2ccc(O)cc12.NC(Cc1c[nH]c2ccc(O)cc12)C(=O)O.NC(Cc1c[nH]c2ccccc12)C(=O)O.NCCc1c[nH]c2ccc(O)cc12. The average molecular weight is 819 g/mol. The van der Waals surface area contributed by atoms with Gasteiger partial charge < -0.3 is 68.0 Å². The molecule has 0 fully saturated rings. The lowest BCUT2D eigenvalue weighted by atomic mass is 10.1. The summed E-state index contributed by atoms with van der Waals surface area (Å²) in [7, 11) is 0. The molecule has 0 aliphatic heterocycles. The van der Waals surface area contributed by atoms with Crippen LogP contribution in [-0.4, -0.2) is 88.5 Å². The Morgan fingerprint density at radius 1 is 0.567 bits per heavy atom. The number of fused-ring (bicyclic) bond motifs is 4. The number of hydrogen-bond acceptors (Lipinski definition) is 9. The van der Waals surface area contributed by atoms with E-state index in [1.807, 2.05) is 55.0 Å². The van der Waals surface area contributed by atoms with Gasteiger partial charge in [-0.25, -0.2) is 0 Å². The van der Waals surface area contributed by atoms with Gasteiger partial charge in [0, 0.05) is 94.7 Å². The fourth-order valence-corrected chi connectivity index (χ4v) is 6.56. The Bertz CT molecular complexity index is 2690. The van der Waals surface area contributed by atoms with Crippen molar-refractivity contribution >= 4 is 61.5 Å². The number of aromatic nitrogens is 4. The molecule has 8 aromatic rings. The van der Waals surface area contributed by atoms with Crippen molar-refractivity contribution in [2.75, 3.05) is 13.1 Å². The van der Waals surface area contributed by atoms with Gasteiger partial charge in [-0.3, -0.25) is 14.4 Å². The van der Waals surface area contributed by atoms with Crippen LogP contribution in [0.2, 0.25) is 0 Å². The summed E-state index contributed by atoms with van der Waals surface area (Å²) in [5.74, 6) is -1.33. The Morgan fingerprint density at radius 2 is 0.950 bits per heavy atom. The molecule has 0 bridgehead atoms. The number of carboxylic acid groups (broad SMARTS) is 2. The van der Waals surface area contributed by atoms with Crippen LogP contribution in [0.4, 0.5) is 0 Å². The lowest BCUT2D eigenvalue weighted by Crippen LogP contribution is -2.32. The van der Waals surface area contributed by atoms with Crippen LogP contribution in [0.5, 0.6) is 17.2 Å². The first-order chi connectivity index (χ1) is 28.7. The first-order valence-electron chi connectivity index (χ1n) is 19.1. The Balaban J connectivity index is 0.000000152. The molecule has 60 heavy (non-hydrogen) atoms. The molecular formula is C44H50N8O8. The van der Waals surface area contributed by atoms with Gasteiger partial charge >= 0.3 is 11.9 Å². The zero-order chi connectivity index (χ0) is 43.3. The Kier molecular flexibility index (Phi) is 14.9. The van der Waals surface area contributed by atoms with Crippen molar-refractivity contribution in [2.24, 2.45) is 17.2 Å². The lowest BCUT2D eigenvalue weighted by Gasteiger charge is -2.04. The predicted molar refractivity (Wildman–Crippen MR) is 232 cm³/mol. The van der Waals surface area contributed by atoms with Crippen molar-refractivity contribution in [1.82, 2.24) is 25.3 Å². The molecule has 4 aromatic heterocycles. The standard InChI is InChI=1S/C12H14N2O2.C11H12N2O3.C11H12N2O2.C10H12N2O/c1-8(15)13-5-4-9-7-14-12-3-2-10(16)6-11(9)12;12-9(11(15)16)3-6-5-13-10-2-1-7(14)4-8(6)10;12-9(11(14)15)5-7-6-13-10-4-2-1-3-8(7)10;11-4-3-7-6-12-10-2-1-8(13)5-9(7)10/h2-3,6-7,14,16H,4-5H2,1H3,(H,13,15);1-2,4-5,9,13-14H,3,12H2,(H,15,16);1-4,6,9,13H,5,12H2,(H,14,15);1-2,5-6,12-13H,3-4,11H2. The second-order valence-electron chi connectivity index (χ2n) is 14.1. The second kappa shape index (κ2) is 20.4. The molecule has 0 saturated carbocycles. The Hall–Kier alpha value is -7.27. The van der Waals surface area contributed by atoms with E-state index in [0.717, 1.165) is 78.7 Å². The highest BCUT2D eigenvalue weighted by molar-refractivity contribution is 5.87. The first-order valence-corrected chi connectivity index (χ1v) is 19.1. The van der Waals surface area contributed by atoms with Gasteiger partial charge in [0.15, 0.2) is 0 Å². The number of H-pyrrole nitrogens is 4. The molecule has 2 atom stereocenters. The van der Waals surface area contributed by atoms with E-state index in [1.165, 1.54) is 6.92 Å². The molecule has 0 aliphatic carbocycles. The molecule has 16 nitrogen and oxygen atoms in total. The number of aliphatic carboxylic acids is 2. The average Bonchev–Trinajstić information content (AvgIpc) is 4.02. The lowest BCUT2D eigenvalue weighted by molar-refractivity contribution is -0.139. The van der Waals surface area contributed by atoms with Gasteiger partial charge in [0.05, 0.1) is 0 Å². The Labute approximate surface area is 344 Å². The number of carbonyl (C=O) groups excluding carboxylic acids is 1. The van der Waals surface area contributed by atoms with Gasteiger partial charge in [0.25, 0.3) is 0 Å². The van der Waals surface area contributed by atoms with Gasteiger partial charge in [0.1, 0.15) is 29.3 Å². The minimum atomic E-state index is -1.03. The number of carbonyl (C=O) groups is 3. The fraction of sp³-hybridized carbons (Fsp3) is 0.205.